The Hall–Kier alpha value is -3.92. The first kappa shape index (κ1) is 25.7. The van der Waals surface area contributed by atoms with Gasteiger partial charge in [0.25, 0.3) is 0 Å². The molecular weight excluding hydrogens is 490 g/mol. The molecule has 38 heavy (non-hydrogen) atoms. The van der Waals surface area contributed by atoms with Crippen molar-refractivity contribution >= 4 is 18.3 Å². The van der Waals surface area contributed by atoms with Crippen LogP contribution in [0.1, 0.15) is 37.8 Å². The molecule has 8 nitrogen and oxygen atoms in total. The zero-order valence-corrected chi connectivity index (χ0v) is 21.6. The normalized spacial score (nSPS) is 16.0. The highest BCUT2D eigenvalue weighted by atomic mass is 19.3. The molecule has 0 aliphatic heterocycles. The SMILES string of the molecule is C=NOC(=NCc1ccc(C)c(-c2cnc3ccc(-c4cnn(CC(C)(C)O)c4)cn23)c1)C1CC(F)(F)C1. The van der Waals surface area contributed by atoms with E-state index >= 15 is 0 Å². The molecule has 0 unspecified atom stereocenters. The van der Waals surface area contributed by atoms with Crippen LogP contribution in [0.4, 0.5) is 8.78 Å². The van der Waals surface area contributed by atoms with Crippen LogP contribution in [0.2, 0.25) is 0 Å². The van der Waals surface area contributed by atoms with Gasteiger partial charge < -0.3 is 9.94 Å². The van der Waals surface area contributed by atoms with E-state index in [1.807, 2.05) is 60.2 Å². The van der Waals surface area contributed by atoms with E-state index < -0.39 is 17.4 Å². The van der Waals surface area contributed by atoms with Gasteiger partial charge in [0.2, 0.25) is 11.8 Å². The molecule has 1 saturated carbocycles. The van der Waals surface area contributed by atoms with Crippen LogP contribution in [0.15, 0.2) is 65.3 Å². The van der Waals surface area contributed by atoms with Crippen molar-refractivity contribution in [3.8, 4) is 22.4 Å². The highest BCUT2D eigenvalue weighted by molar-refractivity contribution is 5.80. The number of halogens is 2. The predicted molar refractivity (Wildman–Crippen MR) is 142 cm³/mol. The molecule has 1 aliphatic rings. The summed E-state index contributed by atoms with van der Waals surface area (Å²) in [4.78, 5) is 14.1. The van der Waals surface area contributed by atoms with Crippen molar-refractivity contribution in [3.05, 3.63) is 66.2 Å². The maximum absolute atomic E-state index is 13.4. The van der Waals surface area contributed by atoms with Crippen molar-refractivity contribution in [3.63, 3.8) is 0 Å². The standard InChI is InChI=1S/C28H30F2N6O2/c1-18-5-6-19(12-33-26(38-31-4)21-10-28(29,30)11-21)9-23(18)24-14-32-25-8-7-20(16-36(24)25)22-13-34-35(15-22)17-27(2,3)37/h5-9,13-16,21,37H,4,10-12,17H2,1-3H3. The van der Waals surface area contributed by atoms with Crippen molar-refractivity contribution in [2.45, 2.75) is 58.2 Å². The number of imidazole rings is 1. The lowest BCUT2D eigenvalue weighted by Gasteiger charge is -2.33. The van der Waals surface area contributed by atoms with Crippen LogP contribution >= 0.6 is 0 Å². The van der Waals surface area contributed by atoms with Gasteiger partial charge in [0.15, 0.2) is 0 Å². The number of fused-ring (bicyclic) bond motifs is 1. The second kappa shape index (κ2) is 9.75. The summed E-state index contributed by atoms with van der Waals surface area (Å²) in [7, 11) is 0. The molecular formula is C28H30F2N6O2. The predicted octanol–water partition coefficient (Wildman–Crippen LogP) is 5.52. The Morgan fingerprint density at radius 3 is 2.68 bits per heavy atom. The number of alkyl halides is 2. The minimum atomic E-state index is -2.68. The fourth-order valence-corrected chi connectivity index (χ4v) is 4.69. The van der Waals surface area contributed by atoms with E-state index in [1.54, 1.807) is 24.7 Å². The van der Waals surface area contributed by atoms with Crippen LogP contribution < -0.4 is 0 Å². The van der Waals surface area contributed by atoms with Gasteiger partial charge in [-0.2, -0.15) is 5.10 Å². The molecule has 10 heteroatoms. The van der Waals surface area contributed by atoms with Gasteiger partial charge >= 0.3 is 0 Å². The summed E-state index contributed by atoms with van der Waals surface area (Å²) >= 11 is 0. The average molecular weight is 521 g/mol. The Morgan fingerprint density at radius 1 is 1.18 bits per heavy atom. The topological polar surface area (TPSA) is 89.3 Å². The fourth-order valence-electron chi connectivity index (χ4n) is 4.69. The number of rotatable bonds is 8. The lowest BCUT2D eigenvalue weighted by atomic mass is 9.81. The van der Waals surface area contributed by atoms with E-state index in [0.29, 0.717) is 6.54 Å². The number of aromatic nitrogens is 4. The fraction of sp³-hybridized carbons (Fsp3) is 0.357. The molecule has 0 spiro atoms. The molecule has 3 aromatic heterocycles. The molecule has 5 rings (SSSR count). The van der Waals surface area contributed by atoms with Gasteiger partial charge in [0, 0.05) is 54.6 Å². The molecule has 0 radical (unpaired) electrons. The Bertz CT molecular complexity index is 1510. The van der Waals surface area contributed by atoms with Gasteiger partial charge in [-0.15, -0.1) is 0 Å². The van der Waals surface area contributed by atoms with Gasteiger partial charge in [-0.25, -0.2) is 18.8 Å². The first-order valence-corrected chi connectivity index (χ1v) is 12.4. The molecule has 198 valence electrons. The van der Waals surface area contributed by atoms with E-state index in [4.69, 9.17) is 4.84 Å². The zero-order chi connectivity index (χ0) is 27.1. The lowest BCUT2D eigenvalue weighted by molar-refractivity contribution is -0.0956. The Morgan fingerprint density at radius 2 is 1.97 bits per heavy atom. The van der Waals surface area contributed by atoms with Crippen molar-refractivity contribution in [2.75, 3.05) is 0 Å². The van der Waals surface area contributed by atoms with Crippen LogP contribution in [-0.2, 0) is 17.9 Å². The number of oxime groups is 1. The van der Waals surface area contributed by atoms with Gasteiger partial charge in [0.1, 0.15) is 5.65 Å². The van der Waals surface area contributed by atoms with E-state index in [0.717, 1.165) is 39.2 Å². The first-order valence-electron chi connectivity index (χ1n) is 12.4. The number of hydrogen-bond acceptors (Lipinski definition) is 6. The summed E-state index contributed by atoms with van der Waals surface area (Å²) in [6, 6.07) is 9.95. The lowest BCUT2D eigenvalue weighted by Crippen LogP contribution is -2.40. The smallest absolute Gasteiger partial charge is 0.249 e. The van der Waals surface area contributed by atoms with Gasteiger partial charge in [-0.05, 0) is 50.1 Å². The third kappa shape index (κ3) is 5.50. The van der Waals surface area contributed by atoms with Crippen molar-refractivity contribution < 1.29 is 18.7 Å². The summed E-state index contributed by atoms with van der Waals surface area (Å²) in [5.41, 5.74) is 5.70. The number of benzene rings is 1. The van der Waals surface area contributed by atoms with Gasteiger partial charge in [-0.1, -0.05) is 17.3 Å². The summed E-state index contributed by atoms with van der Waals surface area (Å²) in [5, 5.41) is 17.9. The maximum atomic E-state index is 13.4. The third-order valence-electron chi connectivity index (χ3n) is 6.61. The Balaban J connectivity index is 1.43. The number of aryl methyl sites for hydroxylation is 1. The van der Waals surface area contributed by atoms with E-state index in [9.17, 15) is 13.9 Å². The van der Waals surface area contributed by atoms with Crippen LogP contribution in [0.3, 0.4) is 0 Å². The molecule has 1 fully saturated rings. The average Bonchev–Trinajstić information content (AvgIpc) is 3.46. The summed E-state index contributed by atoms with van der Waals surface area (Å²) in [5.74, 6) is -2.94. The Kier molecular flexibility index (Phi) is 6.60. The summed E-state index contributed by atoms with van der Waals surface area (Å²) < 4.78 is 30.5. The van der Waals surface area contributed by atoms with Crippen LogP contribution in [0.25, 0.3) is 28.0 Å². The molecule has 4 aromatic rings. The Labute approximate surface area is 219 Å². The van der Waals surface area contributed by atoms with Crippen LogP contribution in [0.5, 0.6) is 0 Å². The number of nitrogens with zero attached hydrogens (tertiary/aromatic N) is 6. The second-order valence-corrected chi connectivity index (χ2v) is 10.5. The van der Waals surface area contributed by atoms with E-state index in [2.05, 4.69) is 26.9 Å². The van der Waals surface area contributed by atoms with Crippen LogP contribution in [0, 0.1) is 12.8 Å². The highest BCUT2D eigenvalue weighted by Crippen LogP contribution is 2.43. The highest BCUT2D eigenvalue weighted by Gasteiger charge is 2.48. The van der Waals surface area contributed by atoms with Crippen LogP contribution in [-0.4, -0.2) is 48.4 Å². The number of hydrogen-bond donors (Lipinski definition) is 1. The first-order chi connectivity index (χ1) is 18.0. The maximum Gasteiger partial charge on any atom is 0.249 e. The number of aliphatic hydroxyl groups is 1. The van der Waals surface area contributed by atoms with Crippen molar-refractivity contribution in [2.24, 2.45) is 16.1 Å². The zero-order valence-electron chi connectivity index (χ0n) is 21.6. The summed E-state index contributed by atoms with van der Waals surface area (Å²) in [6.45, 7) is 9.47. The minimum Gasteiger partial charge on any atom is -0.389 e. The van der Waals surface area contributed by atoms with Gasteiger partial charge in [0.05, 0.1) is 36.8 Å². The van der Waals surface area contributed by atoms with Crippen molar-refractivity contribution in [1.82, 2.24) is 19.2 Å². The molecule has 1 N–H and O–H groups in total. The van der Waals surface area contributed by atoms with Crippen molar-refractivity contribution in [1.29, 1.82) is 0 Å². The third-order valence-corrected chi connectivity index (χ3v) is 6.61. The minimum absolute atomic E-state index is 0.192. The second-order valence-electron chi connectivity index (χ2n) is 10.5. The van der Waals surface area contributed by atoms with E-state index in [1.165, 1.54) is 0 Å². The van der Waals surface area contributed by atoms with E-state index in [-0.39, 0.29) is 25.3 Å². The molecule has 0 amide bonds. The molecule has 0 atom stereocenters. The largest absolute Gasteiger partial charge is 0.389 e. The molecule has 3 heterocycles. The molecule has 1 aromatic carbocycles. The molecule has 0 bridgehead atoms. The molecule has 1 aliphatic carbocycles. The quantitative estimate of drug-likeness (QED) is 0.188. The number of aliphatic imine (C=N–C) groups is 1. The van der Waals surface area contributed by atoms with Gasteiger partial charge in [-0.3, -0.25) is 9.08 Å². The number of pyridine rings is 1. The summed E-state index contributed by atoms with van der Waals surface area (Å²) in [6.07, 6.45) is 6.96. The monoisotopic (exact) mass is 520 g/mol. The molecule has 0 saturated heterocycles.